The molecule has 0 radical (unpaired) electrons. The van der Waals surface area contributed by atoms with E-state index in [1.54, 1.807) is 16.7 Å². The number of urea groups is 1. The molecule has 56 heavy (non-hydrogen) atoms. The summed E-state index contributed by atoms with van der Waals surface area (Å²) in [6.45, 7) is 8.81. The first kappa shape index (κ1) is 43.3. The summed E-state index contributed by atoms with van der Waals surface area (Å²) in [5.74, 6) is -2.13. The van der Waals surface area contributed by atoms with Crippen molar-refractivity contribution < 1.29 is 38.3 Å². The summed E-state index contributed by atoms with van der Waals surface area (Å²) >= 11 is 0. The molecule has 0 aliphatic carbocycles. The minimum absolute atomic E-state index is 0.00788. The van der Waals surface area contributed by atoms with Gasteiger partial charge in [0.25, 0.3) is 0 Å². The van der Waals surface area contributed by atoms with E-state index in [1.807, 2.05) is 49.4 Å². The second-order valence-electron chi connectivity index (χ2n) is 14.8. The van der Waals surface area contributed by atoms with Gasteiger partial charge < -0.3 is 41.1 Å². The Hall–Kier alpha value is -5.47. The number of cyclic esters (lactones) is 1. The van der Waals surface area contributed by atoms with Crippen molar-refractivity contribution in [2.45, 2.75) is 103 Å². The van der Waals surface area contributed by atoms with E-state index in [4.69, 9.17) is 10.5 Å². The number of carbonyl (C=O) groups is 7. The number of nitrogens with one attached hydrogen (secondary N) is 3. The Balaban J connectivity index is 0.000000249. The monoisotopic (exact) mass is 775 g/mol. The molecule has 5 atom stereocenters. The Morgan fingerprint density at radius 3 is 2.16 bits per heavy atom. The van der Waals surface area contributed by atoms with Gasteiger partial charge in [0, 0.05) is 25.3 Å². The molecule has 15 nitrogen and oxygen atoms in total. The van der Waals surface area contributed by atoms with Gasteiger partial charge in [0.05, 0.1) is 13.0 Å². The largest absolute Gasteiger partial charge is 0.464 e. The van der Waals surface area contributed by atoms with Crippen LogP contribution in [0.2, 0.25) is 0 Å². The van der Waals surface area contributed by atoms with Gasteiger partial charge >= 0.3 is 12.0 Å². The van der Waals surface area contributed by atoms with Crippen molar-refractivity contribution in [3.63, 3.8) is 0 Å². The molecule has 2 aromatic rings. The van der Waals surface area contributed by atoms with E-state index in [-0.39, 0.29) is 49.1 Å². The molecular formula is C41H57N7O8. The zero-order chi connectivity index (χ0) is 40.8. The fraction of sp³-hybridized carbons (Fsp3) is 0.537. The average molecular weight is 776 g/mol. The topological polar surface area (TPSA) is 201 Å². The smallest absolute Gasteiger partial charge is 0.328 e. The summed E-state index contributed by atoms with van der Waals surface area (Å²) in [5, 5.41) is 7.71. The zero-order valence-corrected chi connectivity index (χ0v) is 33.0. The minimum atomic E-state index is -0.825. The molecule has 5 N–H and O–H groups in total. The Morgan fingerprint density at radius 1 is 0.839 bits per heavy atom. The third-order valence-corrected chi connectivity index (χ3v) is 10.3. The van der Waals surface area contributed by atoms with E-state index in [0.29, 0.717) is 51.0 Å². The van der Waals surface area contributed by atoms with Gasteiger partial charge in [-0.05, 0) is 82.4 Å². The summed E-state index contributed by atoms with van der Waals surface area (Å²) in [6, 6.07) is 14.5. The quantitative estimate of drug-likeness (QED) is 0.340. The molecule has 0 aromatic heterocycles. The fourth-order valence-corrected chi connectivity index (χ4v) is 7.29. The van der Waals surface area contributed by atoms with Gasteiger partial charge in [0.1, 0.15) is 30.8 Å². The molecule has 2 aromatic carbocycles. The van der Waals surface area contributed by atoms with Crippen molar-refractivity contribution in [2.24, 2.45) is 11.7 Å². The highest BCUT2D eigenvalue weighted by atomic mass is 16.5. The molecule has 4 heterocycles. The van der Waals surface area contributed by atoms with Crippen molar-refractivity contribution in [3.8, 4) is 0 Å². The molecule has 4 fully saturated rings. The van der Waals surface area contributed by atoms with Gasteiger partial charge in [-0.25, -0.2) is 9.59 Å². The summed E-state index contributed by atoms with van der Waals surface area (Å²) in [6.07, 6.45) is 4.84. The first-order valence-corrected chi connectivity index (χ1v) is 19.6. The van der Waals surface area contributed by atoms with Crippen molar-refractivity contribution in [1.29, 1.82) is 0 Å². The van der Waals surface area contributed by atoms with Crippen LogP contribution in [-0.2, 0) is 39.9 Å². The highest BCUT2D eigenvalue weighted by molar-refractivity contribution is 5.96. The van der Waals surface area contributed by atoms with Gasteiger partial charge in [-0.2, -0.15) is 0 Å². The summed E-state index contributed by atoms with van der Waals surface area (Å²) in [4.78, 5) is 91.6. The molecule has 4 saturated heterocycles. The van der Waals surface area contributed by atoms with Crippen molar-refractivity contribution in [1.82, 2.24) is 25.3 Å². The van der Waals surface area contributed by atoms with E-state index in [9.17, 15) is 33.6 Å². The number of piperidine rings is 1. The Morgan fingerprint density at radius 2 is 1.52 bits per heavy atom. The molecule has 6 rings (SSSR count). The fourth-order valence-electron chi connectivity index (χ4n) is 7.29. The average Bonchev–Trinajstić information content (AvgIpc) is 3.85. The Labute approximate surface area is 329 Å². The molecule has 15 heteroatoms. The molecule has 4 aliphatic heterocycles. The van der Waals surface area contributed by atoms with Crippen molar-refractivity contribution in [2.75, 3.05) is 38.1 Å². The summed E-state index contributed by atoms with van der Waals surface area (Å²) < 4.78 is 5.38. The van der Waals surface area contributed by atoms with E-state index < -0.39 is 42.1 Å². The molecule has 0 saturated carbocycles. The normalized spacial score (nSPS) is 24.2. The number of anilines is 1. The third kappa shape index (κ3) is 12.3. The summed E-state index contributed by atoms with van der Waals surface area (Å²) in [7, 11) is 0. The first-order valence-electron chi connectivity index (χ1n) is 19.6. The molecule has 304 valence electrons. The van der Waals surface area contributed by atoms with E-state index in [2.05, 4.69) is 41.9 Å². The molecule has 5 unspecified atom stereocenters. The predicted molar refractivity (Wildman–Crippen MR) is 210 cm³/mol. The van der Waals surface area contributed by atoms with Crippen LogP contribution in [0.1, 0.15) is 76.8 Å². The van der Waals surface area contributed by atoms with Gasteiger partial charge in [-0.15, -0.1) is 0 Å². The maximum absolute atomic E-state index is 13.4. The van der Waals surface area contributed by atoms with Crippen LogP contribution in [0.15, 0.2) is 54.6 Å². The Bertz CT molecular complexity index is 1690. The lowest BCUT2D eigenvalue weighted by Gasteiger charge is -2.38. The highest BCUT2D eigenvalue weighted by Gasteiger charge is 2.44. The molecule has 0 bridgehead atoms. The standard InChI is InChI=1S/C23H34N4O6.C11H15N3O2.C7H8/c1-14-12-18-23(32)33-11-8-19(28)25-10-5-7-17(25)22(31)26-9-4-3-6-16(26)20(29)24-15(2)21(30)27(18)13-14;1-2-8-3-5-9(6-4-8)14-11(16)13-7-10(12)15;1-7-5-3-2-4-6-7/h14-18H,3-13H2,1-2H3,(H,24,29);3-6H,2,7H2,1H3,(H2,12,15)(H2,13,14,16);2-6H,1H3. The number of primary amides is 1. The maximum Gasteiger partial charge on any atom is 0.328 e. The predicted octanol–water partition coefficient (Wildman–Crippen LogP) is 2.90. The van der Waals surface area contributed by atoms with Crippen LogP contribution in [0.25, 0.3) is 0 Å². The first-order chi connectivity index (χ1) is 26.8. The lowest BCUT2D eigenvalue weighted by atomic mass is 9.99. The number of rotatable bonds is 4. The number of nitrogens with two attached hydrogens (primary N) is 1. The van der Waals surface area contributed by atoms with Crippen LogP contribution in [0.5, 0.6) is 0 Å². The Kier molecular flexibility index (Phi) is 16.2. The van der Waals surface area contributed by atoms with Gasteiger partial charge in [0.15, 0.2) is 0 Å². The van der Waals surface area contributed by atoms with Crippen LogP contribution in [0.3, 0.4) is 0 Å². The lowest BCUT2D eigenvalue weighted by Crippen LogP contribution is -2.59. The van der Waals surface area contributed by atoms with Crippen LogP contribution in [-0.4, -0.2) is 113 Å². The SMILES string of the molecule is CC1CC2C(=O)OCCC(=O)N3CCCC3C(=O)N3CCCCC3C(=O)NC(C)C(=O)N2C1.CCc1ccc(NC(=O)NCC(N)=O)cc1.Cc1ccccc1. The number of carbonyl (C=O) groups excluding carboxylic acids is 7. The van der Waals surface area contributed by atoms with Crippen LogP contribution >= 0.6 is 0 Å². The van der Waals surface area contributed by atoms with Gasteiger partial charge in [-0.1, -0.05) is 61.9 Å². The number of benzene rings is 2. The van der Waals surface area contributed by atoms with E-state index >= 15 is 0 Å². The van der Waals surface area contributed by atoms with Gasteiger partial charge in [-0.3, -0.25) is 24.0 Å². The zero-order valence-electron chi connectivity index (χ0n) is 33.0. The second kappa shape index (κ2) is 21.0. The van der Waals surface area contributed by atoms with E-state index in [1.165, 1.54) is 16.0 Å². The number of hydrogen-bond acceptors (Lipinski definition) is 8. The molecular weight excluding hydrogens is 718 g/mol. The van der Waals surface area contributed by atoms with Crippen molar-refractivity contribution >= 4 is 47.2 Å². The number of aryl methyl sites for hydroxylation is 2. The van der Waals surface area contributed by atoms with E-state index in [0.717, 1.165) is 19.3 Å². The third-order valence-electron chi connectivity index (χ3n) is 10.3. The number of esters is 1. The molecule has 0 spiro atoms. The summed E-state index contributed by atoms with van der Waals surface area (Å²) in [5.41, 5.74) is 8.09. The van der Waals surface area contributed by atoms with Crippen LogP contribution in [0, 0.1) is 12.8 Å². The van der Waals surface area contributed by atoms with Crippen LogP contribution < -0.4 is 21.7 Å². The molecule has 7 amide bonds. The maximum atomic E-state index is 13.4. The second-order valence-corrected chi connectivity index (χ2v) is 14.8. The van der Waals surface area contributed by atoms with Gasteiger partial charge in [0.2, 0.25) is 29.5 Å². The number of hydrogen-bond donors (Lipinski definition) is 4. The highest BCUT2D eigenvalue weighted by Crippen LogP contribution is 2.27. The minimum Gasteiger partial charge on any atom is -0.464 e. The van der Waals surface area contributed by atoms with Crippen molar-refractivity contribution in [3.05, 3.63) is 65.7 Å². The number of ether oxygens (including phenoxy) is 1. The van der Waals surface area contributed by atoms with Crippen LogP contribution in [0.4, 0.5) is 10.5 Å². The number of amides is 7. The number of fused-ring (bicyclic) bond motifs is 3. The lowest BCUT2D eigenvalue weighted by molar-refractivity contribution is -0.156. The molecule has 4 aliphatic rings. The number of nitrogens with zero attached hydrogens (tertiary/aromatic N) is 3.